The zero-order valence-corrected chi connectivity index (χ0v) is 8.13. The lowest BCUT2D eigenvalue weighted by atomic mass is 10.1. The monoisotopic (exact) mass is 187 g/mol. The molecule has 1 heteroatoms. The van der Waals surface area contributed by atoms with Crippen LogP contribution in [0.4, 0.5) is 0 Å². The van der Waals surface area contributed by atoms with Gasteiger partial charge in [-0.05, 0) is 29.9 Å². The Balaban J connectivity index is 1.94. The van der Waals surface area contributed by atoms with Crippen molar-refractivity contribution in [2.45, 2.75) is 6.42 Å². The summed E-state index contributed by atoms with van der Waals surface area (Å²) < 4.78 is 0. The summed E-state index contributed by atoms with van der Waals surface area (Å²) in [6.45, 7) is 0. The van der Waals surface area contributed by atoms with Gasteiger partial charge in [0.25, 0.3) is 0 Å². The molecule has 0 saturated heterocycles. The molecule has 1 heterocycles. The van der Waals surface area contributed by atoms with Crippen LogP contribution in [0.5, 0.6) is 0 Å². The first-order valence-corrected chi connectivity index (χ1v) is 5.24. The summed E-state index contributed by atoms with van der Waals surface area (Å²) in [7, 11) is 0. The first kappa shape index (κ1) is 8.52. The van der Waals surface area contributed by atoms with Crippen LogP contribution in [0.25, 0.3) is 0 Å². The second kappa shape index (κ2) is 4.24. The Hall–Kier alpha value is -1.08. The van der Waals surface area contributed by atoms with Gasteiger partial charge in [0.05, 0.1) is 0 Å². The van der Waals surface area contributed by atoms with Crippen LogP contribution < -0.4 is 0 Å². The molecule has 0 atom stereocenters. The molecule has 0 N–H and O–H groups in total. The molecule has 0 aliphatic heterocycles. The zero-order valence-electron chi connectivity index (χ0n) is 7.31. The van der Waals surface area contributed by atoms with Crippen LogP contribution in [0.15, 0.2) is 47.8 Å². The summed E-state index contributed by atoms with van der Waals surface area (Å²) in [5.41, 5.74) is 1.30. The Morgan fingerprint density at radius 3 is 2.54 bits per heavy atom. The molecule has 1 radical (unpaired) electrons. The minimum Gasteiger partial charge on any atom is -0.149 e. The van der Waals surface area contributed by atoms with E-state index in [1.165, 1.54) is 10.4 Å². The lowest BCUT2D eigenvalue weighted by Gasteiger charge is -1.97. The van der Waals surface area contributed by atoms with Crippen molar-refractivity contribution < 1.29 is 0 Å². The molecule has 1 aromatic carbocycles. The van der Waals surface area contributed by atoms with Gasteiger partial charge in [0, 0.05) is 4.88 Å². The first-order valence-electron chi connectivity index (χ1n) is 4.36. The van der Waals surface area contributed by atoms with E-state index >= 15 is 0 Å². The zero-order chi connectivity index (χ0) is 8.93. The van der Waals surface area contributed by atoms with E-state index < -0.39 is 0 Å². The van der Waals surface area contributed by atoms with Gasteiger partial charge in [-0.1, -0.05) is 36.4 Å². The third-order valence-corrected chi connectivity index (χ3v) is 2.82. The summed E-state index contributed by atoms with van der Waals surface area (Å²) >= 11 is 1.81. The van der Waals surface area contributed by atoms with Crippen molar-refractivity contribution >= 4 is 11.3 Å². The van der Waals surface area contributed by atoms with Gasteiger partial charge in [0.1, 0.15) is 0 Å². The Morgan fingerprint density at radius 2 is 1.85 bits per heavy atom. The van der Waals surface area contributed by atoms with Crippen molar-refractivity contribution in [1.29, 1.82) is 0 Å². The number of hydrogen-bond donors (Lipinski definition) is 0. The Morgan fingerprint density at radius 1 is 1.00 bits per heavy atom. The van der Waals surface area contributed by atoms with Crippen LogP contribution in [-0.2, 0) is 6.42 Å². The second-order valence-electron chi connectivity index (χ2n) is 2.90. The van der Waals surface area contributed by atoms with E-state index in [0.717, 1.165) is 6.42 Å². The third kappa shape index (κ3) is 2.43. The Bertz CT molecular complexity index is 335. The number of benzene rings is 1. The molecule has 13 heavy (non-hydrogen) atoms. The fourth-order valence-corrected chi connectivity index (χ4v) is 1.90. The highest BCUT2D eigenvalue weighted by Crippen LogP contribution is 2.13. The first-order chi connectivity index (χ1) is 6.45. The van der Waals surface area contributed by atoms with Crippen molar-refractivity contribution in [3.05, 3.63) is 64.7 Å². The minimum atomic E-state index is 1.04. The van der Waals surface area contributed by atoms with E-state index in [1.54, 1.807) is 0 Å². The smallest absolute Gasteiger partial charge is 0.00515 e. The molecule has 0 bridgehead atoms. The minimum absolute atomic E-state index is 1.04. The van der Waals surface area contributed by atoms with E-state index in [4.69, 9.17) is 0 Å². The van der Waals surface area contributed by atoms with Crippen LogP contribution in [-0.4, -0.2) is 0 Å². The molecule has 0 saturated carbocycles. The summed E-state index contributed by atoms with van der Waals surface area (Å²) in [5.74, 6) is 0. The van der Waals surface area contributed by atoms with Gasteiger partial charge in [0.2, 0.25) is 0 Å². The lowest BCUT2D eigenvalue weighted by molar-refractivity contribution is 1.21. The normalized spacial score (nSPS) is 10.2. The topological polar surface area (TPSA) is 0 Å². The standard InChI is InChI=1S/C12H11S/c1-2-5-11(6-3-1)8-9-12-7-4-10-13-12/h1-8,10H,9H2. The van der Waals surface area contributed by atoms with E-state index in [9.17, 15) is 0 Å². The van der Waals surface area contributed by atoms with Gasteiger partial charge < -0.3 is 0 Å². The Kier molecular flexibility index (Phi) is 2.78. The van der Waals surface area contributed by atoms with Crippen molar-refractivity contribution in [2.75, 3.05) is 0 Å². The van der Waals surface area contributed by atoms with Crippen molar-refractivity contribution in [2.24, 2.45) is 0 Å². The van der Waals surface area contributed by atoms with E-state index in [1.807, 2.05) is 17.4 Å². The SMILES string of the molecule is [CH](Cc1cccs1)c1ccccc1. The van der Waals surface area contributed by atoms with E-state index in [0.29, 0.717) is 0 Å². The Labute approximate surface area is 82.9 Å². The predicted octanol–water partition coefficient (Wildman–Crippen LogP) is 3.54. The summed E-state index contributed by atoms with van der Waals surface area (Å²) in [5, 5.41) is 2.12. The summed E-state index contributed by atoms with van der Waals surface area (Å²) in [6, 6.07) is 14.7. The van der Waals surface area contributed by atoms with E-state index in [-0.39, 0.29) is 0 Å². The van der Waals surface area contributed by atoms with Crippen LogP contribution in [0.2, 0.25) is 0 Å². The molecular formula is C12H11S. The van der Waals surface area contributed by atoms with Crippen LogP contribution in [0, 0.1) is 6.42 Å². The van der Waals surface area contributed by atoms with Crippen LogP contribution >= 0.6 is 11.3 Å². The molecule has 0 spiro atoms. The predicted molar refractivity (Wildman–Crippen MR) is 57.9 cm³/mol. The van der Waals surface area contributed by atoms with Crippen LogP contribution in [0.1, 0.15) is 10.4 Å². The average Bonchev–Trinajstić information content (AvgIpc) is 2.69. The van der Waals surface area contributed by atoms with Crippen molar-refractivity contribution in [1.82, 2.24) is 0 Å². The van der Waals surface area contributed by atoms with Gasteiger partial charge in [-0.25, -0.2) is 0 Å². The highest BCUT2D eigenvalue weighted by Gasteiger charge is 1.95. The van der Waals surface area contributed by atoms with Crippen molar-refractivity contribution in [3.8, 4) is 0 Å². The van der Waals surface area contributed by atoms with Gasteiger partial charge in [-0.3, -0.25) is 0 Å². The highest BCUT2D eigenvalue weighted by atomic mass is 32.1. The second-order valence-corrected chi connectivity index (χ2v) is 3.93. The molecule has 2 aromatic rings. The summed E-state index contributed by atoms with van der Waals surface area (Å²) in [6.07, 6.45) is 3.30. The maximum Gasteiger partial charge on any atom is 0.00515 e. The van der Waals surface area contributed by atoms with Crippen molar-refractivity contribution in [3.63, 3.8) is 0 Å². The van der Waals surface area contributed by atoms with Gasteiger partial charge in [0.15, 0.2) is 0 Å². The average molecular weight is 187 g/mol. The molecule has 0 amide bonds. The van der Waals surface area contributed by atoms with Crippen LogP contribution in [0.3, 0.4) is 0 Å². The molecule has 2 rings (SSSR count). The lowest BCUT2D eigenvalue weighted by Crippen LogP contribution is -1.84. The molecule has 0 fully saturated rings. The fraction of sp³-hybridized carbons (Fsp3) is 0.0833. The van der Waals surface area contributed by atoms with Gasteiger partial charge >= 0.3 is 0 Å². The maximum absolute atomic E-state index is 2.26. The summed E-state index contributed by atoms with van der Waals surface area (Å²) in [4.78, 5) is 1.42. The molecule has 65 valence electrons. The van der Waals surface area contributed by atoms with E-state index in [2.05, 4.69) is 48.2 Å². The molecule has 0 nitrogen and oxygen atoms in total. The quantitative estimate of drug-likeness (QED) is 0.689. The molecule has 0 aliphatic carbocycles. The fourth-order valence-electron chi connectivity index (χ4n) is 1.24. The number of rotatable bonds is 3. The van der Waals surface area contributed by atoms with Gasteiger partial charge in [-0.2, -0.15) is 0 Å². The molecule has 0 aliphatic rings. The highest BCUT2D eigenvalue weighted by molar-refractivity contribution is 7.09. The van der Waals surface area contributed by atoms with Gasteiger partial charge in [-0.15, -0.1) is 11.3 Å². The molecule has 0 unspecified atom stereocenters. The maximum atomic E-state index is 2.26. The number of thiophene rings is 1. The largest absolute Gasteiger partial charge is 0.149 e. The third-order valence-electron chi connectivity index (χ3n) is 1.92. The number of hydrogen-bond acceptors (Lipinski definition) is 1. The molecule has 1 aromatic heterocycles. The molecular weight excluding hydrogens is 176 g/mol.